The van der Waals surface area contributed by atoms with Crippen LogP contribution in [0, 0.1) is 0 Å². The van der Waals surface area contributed by atoms with E-state index in [0.717, 1.165) is 24.7 Å². The highest BCUT2D eigenvalue weighted by Crippen LogP contribution is 2.29. The minimum atomic E-state index is 0.177. The number of fused-ring (bicyclic) bond motifs is 1. The Hall–Kier alpha value is -2.23. The molecule has 0 bridgehead atoms. The molecule has 1 atom stereocenters. The molecule has 0 aliphatic carbocycles. The molecule has 0 spiro atoms. The van der Waals surface area contributed by atoms with Crippen molar-refractivity contribution in [2.24, 2.45) is 0 Å². The van der Waals surface area contributed by atoms with Crippen LogP contribution in [0.4, 0.5) is 5.95 Å². The molecule has 0 amide bonds. The third kappa shape index (κ3) is 2.47. The largest absolute Gasteiger partial charge is 0.488 e. The summed E-state index contributed by atoms with van der Waals surface area (Å²) in [5.74, 6) is 1.87. The standard InChI is InChI=1S/C15H17N3O/c1-2-7-16-15-17-8-9-18(15)11-13-10-12-5-3-4-6-14(12)19-13/h2-6,8-9,13H,1,7,10-11H2,(H,16,17). The number of aromatic nitrogens is 2. The van der Waals surface area contributed by atoms with Gasteiger partial charge in [-0.3, -0.25) is 0 Å². The molecule has 0 radical (unpaired) electrons. The number of anilines is 1. The van der Waals surface area contributed by atoms with E-state index in [-0.39, 0.29) is 6.10 Å². The monoisotopic (exact) mass is 255 g/mol. The van der Waals surface area contributed by atoms with Crippen LogP contribution in [-0.2, 0) is 13.0 Å². The Bertz CT molecular complexity index is 551. The molecule has 0 saturated heterocycles. The van der Waals surface area contributed by atoms with E-state index in [0.29, 0.717) is 6.54 Å². The molecule has 1 aliphatic rings. The molecule has 1 aromatic carbocycles. The minimum absolute atomic E-state index is 0.177. The van der Waals surface area contributed by atoms with Gasteiger partial charge in [-0.15, -0.1) is 6.58 Å². The molecule has 0 saturated carbocycles. The fourth-order valence-corrected chi connectivity index (χ4v) is 2.36. The first kappa shape index (κ1) is 11.8. The molecule has 4 nitrogen and oxygen atoms in total. The fraction of sp³-hybridized carbons (Fsp3) is 0.267. The number of hydrogen-bond donors (Lipinski definition) is 1. The van der Waals surface area contributed by atoms with Crippen LogP contribution < -0.4 is 10.1 Å². The molecule has 4 heteroatoms. The molecule has 0 fully saturated rings. The van der Waals surface area contributed by atoms with E-state index in [9.17, 15) is 0 Å². The number of ether oxygens (including phenoxy) is 1. The lowest BCUT2D eigenvalue weighted by Crippen LogP contribution is -2.21. The normalized spacial score (nSPS) is 16.7. The van der Waals surface area contributed by atoms with Gasteiger partial charge in [0.05, 0.1) is 6.54 Å². The molecule has 1 aliphatic heterocycles. The van der Waals surface area contributed by atoms with E-state index in [4.69, 9.17) is 4.74 Å². The number of nitrogens with zero attached hydrogens (tertiary/aromatic N) is 2. The van der Waals surface area contributed by atoms with Crippen LogP contribution in [0.3, 0.4) is 0 Å². The van der Waals surface area contributed by atoms with Gasteiger partial charge in [-0.05, 0) is 11.6 Å². The maximum Gasteiger partial charge on any atom is 0.203 e. The summed E-state index contributed by atoms with van der Waals surface area (Å²) in [6, 6.07) is 8.22. The molecule has 2 aromatic rings. The number of imidazole rings is 1. The first-order valence-electron chi connectivity index (χ1n) is 6.47. The summed E-state index contributed by atoms with van der Waals surface area (Å²) < 4.78 is 8.03. The summed E-state index contributed by atoms with van der Waals surface area (Å²) in [7, 11) is 0. The summed E-state index contributed by atoms with van der Waals surface area (Å²) >= 11 is 0. The fourth-order valence-electron chi connectivity index (χ4n) is 2.36. The lowest BCUT2D eigenvalue weighted by Gasteiger charge is -2.14. The maximum atomic E-state index is 5.94. The van der Waals surface area contributed by atoms with Crippen molar-refractivity contribution in [2.75, 3.05) is 11.9 Å². The lowest BCUT2D eigenvalue weighted by molar-refractivity contribution is 0.210. The first-order valence-corrected chi connectivity index (χ1v) is 6.47. The Morgan fingerprint density at radius 3 is 3.21 bits per heavy atom. The molecule has 98 valence electrons. The topological polar surface area (TPSA) is 39.1 Å². The highest BCUT2D eigenvalue weighted by molar-refractivity contribution is 5.37. The zero-order valence-electron chi connectivity index (χ0n) is 10.7. The van der Waals surface area contributed by atoms with Crippen LogP contribution in [0.2, 0.25) is 0 Å². The molecule has 19 heavy (non-hydrogen) atoms. The predicted molar refractivity (Wildman–Crippen MR) is 75.5 cm³/mol. The highest BCUT2D eigenvalue weighted by atomic mass is 16.5. The molecule has 1 unspecified atom stereocenters. The van der Waals surface area contributed by atoms with Crippen molar-refractivity contribution >= 4 is 5.95 Å². The number of para-hydroxylation sites is 1. The first-order chi connectivity index (χ1) is 9.36. The van der Waals surface area contributed by atoms with Gasteiger partial charge in [0.2, 0.25) is 5.95 Å². The van der Waals surface area contributed by atoms with Crippen LogP contribution in [0.25, 0.3) is 0 Å². The third-order valence-electron chi connectivity index (χ3n) is 3.23. The van der Waals surface area contributed by atoms with E-state index in [1.807, 2.05) is 24.4 Å². The van der Waals surface area contributed by atoms with E-state index in [2.05, 4.69) is 33.6 Å². The van der Waals surface area contributed by atoms with Crippen molar-refractivity contribution in [1.82, 2.24) is 9.55 Å². The Morgan fingerprint density at radius 2 is 2.37 bits per heavy atom. The number of nitrogens with one attached hydrogen (secondary N) is 1. The second-order valence-corrected chi connectivity index (χ2v) is 4.62. The lowest BCUT2D eigenvalue weighted by atomic mass is 10.1. The third-order valence-corrected chi connectivity index (χ3v) is 3.23. The summed E-state index contributed by atoms with van der Waals surface area (Å²) in [6.07, 6.45) is 6.72. The van der Waals surface area contributed by atoms with E-state index in [1.165, 1.54) is 5.56 Å². The maximum absolute atomic E-state index is 5.94. The van der Waals surface area contributed by atoms with Gasteiger partial charge in [0.15, 0.2) is 0 Å². The Labute approximate surface area is 112 Å². The Kier molecular flexibility index (Phi) is 3.23. The number of benzene rings is 1. The predicted octanol–water partition coefficient (Wildman–Crippen LogP) is 2.48. The zero-order valence-corrected chi connectivity index (χ0v) is 10.7. The van der Waals surface area contributed by atoms with Crippen LogP contribution in [0.15, 0.2) is 49.3 Å². The summed E-state index contributed by atoms with van der Waals surface area (Å²) in [5.41, 5.74) is 1.29. The van der Waals surface area contributed by atoms with Gasteiger partial charge in [-0.25, -0.2) is 4.98 Å². The zero-order chi connectivity index (χ0) is 13.1. The molecule has 1 N–H and O–H groups in total. The quantitative estimate of drug-likeness (QED) is 0.834. The molecule has 2 heterocycles. The molecule has 1 aromatic heterocycles. The molecule has 3 rings (SSSR count). The van der Waals surface area contributed by atoms with Crippen molar-refractivity contribution < 1.29 is 4.74 Å². The second kappa shape index (κ2) is 5.18. The summed E-state index contributed by atoms with van der Waals surface area (Å²) in [6.45, 7) is 5.21. The Morgan fingerprint density at radius 1 is 1.47 bits per heavy atom. The van der Waals surface area contributed by atoms with Gasteiger partial charge in [-0.2, -0.15) is 0 Å². The minimum Gasteiger partial charge on any atom is -0.488 e. The van der Waals surface area contributed by atoms with Crippen molar-refractivity contribution in [3.05, 3.63) is 54.9 Å². The van der Waals surface area contributed by atoms with Gasteiger partial charge in [0.1, 0.15) is 11.9 Å². The average molecular weight is 255 g/mol. The van der Waals surface area contributed by atoms with Gasteiger partial charge in [0.25, 0.3) is 0 Å². The second-order valence-electron chi connectivity index (χ2n) is 4.62. The summed E-state index contributed by atoms with van der Waals surface area (Å²) in [5, 5.41) is 3.22. The van der Waals surface area contributed by atoms with E-state index in [1.54, 1.807) is 6.20 Å². The molecular formula is C15H17N3O. The van der Waals surface area contributed by atoms with Crippen LogP contribution in [0.1, 0.15) is 5.56 Å². The van der Waals surface area contributed by atoms with Gasteiger partial charge in [-0.1, -0.05) is 24.3 Å². The average Bonchev–Trinajstić information content (AvgIpc) is 3.02. The van der Waals surface area contributed by atoms with Crippen LogP contribution in [0.5, 0.6) is 5.75 Å². The van der Waals surface area contributed by atoms with Crippen molar-refractivity contribution in [3.8, 4) is 5.75 Å². The van der Waals surface area contributed by atoms with E-state index >= 15 is 0 Å². The van der Waals surface area contributed by atoms with Crippen LogP contribution in [-0.4, -0.2) is 22.2 Å². The highest BCUT2D eigenvalue weighted by Gasteiger charge is 2.23. The van der Waals surface area contributed by atoms with E-state index < -0.39 is 0 Å². The van der Waals surface area contributed by atoms with Crippen molar-refractivity contribution in [3.63, 3.8) is 0 Å². The van der Waals surface area contributed by atoms with Crippen LogP contribution >= 0.6 is 0 Å². The van der Waals surface area contributed by atoms with Gasteiger partial charge >= 0.3 is 0 Å². The SMILES string of the molecule is C=CCNc1nccn1CC1Cc2ccccc2O1. The van der Waals surface area contributed by atoms with Gasteiger partial charge in [0, 0.05) is 25.4 Å². The van der Waals surface area contributed by atoms with Crippen molar-refractivity contribution in [1.29, 1.82) is 0 Å². The number of rotatable bonds is 5. The summed E-state index contributed by atoms with van der Waals surface area (Å²) in [4.78, 5) is 4.29. The Balaban J connectivity index is 1.67. The van der Waals surface area contributed by atoms with Gasteiger partial charge < -0.3 is 14.6 Å². The number of hydrogen-bond acceptors (Lipinski definition) is 3. The van der Waals surface area contributed by atoms with Crippen molar-refractivity contribution in [2.45, 2.75) is 19.1 Å². The smallest absolute Gasteiger partial charge is 0.203 e. The molecular weight excluding hydrogens is 238 g/mol.